The number of para-hydroxylation sites is 1. The molecule has 0 N–H and O–H groups in total. The molecule has 1 atom stereocenters. The molecule has 102 valence electrons. The van der Waals surface area contributed by atoms with E-state index in [1.807, 2.05) is 12.1 Å². The van der Waals surface area contributed by atoms with E-state index in [2.05, 4.69) is 6.07 Å². The van der Waals surface area contributed by atoms with E-state index in [9.17, 15) is 4.79 Å². The van der Waals surface area contributed by atoms with Crippen molar-refractivity contribution >= 4 is 5.78 Å². The van der Waals surface area contributed by atoms with Crippen molar-refractivity contribution in [3.63, 3.8) is 0 Å². The Morgan fingerprint density at radius 1 is 1.26 bits per heavy atom. The van der Waals surface area contributed by atoms with E-state index in [1.165, 1.54) is 5.56 Å². The van der Waals surface area contributed by atoms with Gasteiger partial charge in [-0.3, -0.25) is 4.79 Å². The van der Waals surface area contributed by atoms with Crippen molar-refractivity contribution in [2.24, 2.45) is 0 Å². The molecule has 1 aromatic rings. The number of benzene rings is 1. The van der Waals surface area contributed by atoms with Crippen LogP contribution in [0.5, 0.6) is 5.75 Å². The first-order valence-corrected chi connectivity index (χ1v) is 7.24. The highest BCUT2D eigenvalue weighted by Crippen LogP contribution is 2.30. The minimum absolute atomic E-state index is 0.189. The van der Waals surface area contributed by atoms with Crippen LogP contribution in [0.2, 0.25) is 0 Å². The van der Waals surface area contributed by atoms with Crippen LogP contribution in [0.25, 0.3) is 0 Å². The smallest absolute Gasteiger partial charge is 0.166 e. The summed E-state index contributed by atoms with van der Waals surface area (Å²) in [6.45, 7) is 1.58. The standard InChI is InChI=1S/C16H20O3/c17-15(9-8-13-6-3-10-18-13)14-7-1-4-12-5-2-11-19-16(12)14/h1,4,7,13H,2-3,5-6,8-11H2. The summed E-state index contributed by atoms with van der Waals surface area (Å²) in [5.74, 6) is 1.01. The third-order valence-electron chi connectivity index (χ3n) is 3.95. The van der Waals surface area contributed by atoms with Crippen LogP contribution < -0.4 is 4.74 Å². The molecule has 1 saturated heterocycles. The number of fused-ring (bicyclic) bond motifs is 1. The molecule has 3 heteroatoms. The maximum absolute atomic E-state index is 12.3. The van der Waals surface area contributed by atoms with Crippen molar-refractivity contribution in [2.45, 2.75) is 44.6 Å². The highest BCUT2D eigenvalue weighted by Gasteiger charge is 2.21. The topological polar surface area (TPSA) is 35.5 Å². The first-order valence-electron chi connectivity index (χ1n) is 7.24. The number of carbonyl (C=O) groups excluding carboxylic acids is 1. The van der Waals surface area contributed by atoms with E-state index in [0.717, 1.165) is 56.6 Å². The lowest BCUT2D eigenvalue weighted by Gasteiger charge is -2.20. The Balaban J connectivity index is 1.68. The SMILES string of the molecule is O=C(CCC1CCCO1)c1cccc2c1OCCC2. The molecule has 0 aliphatic carbocycles. The molecule has 0 spiro atoms. The van der Waals surface area contributed by atoms with Crippen LogP contribution in [0.4, 0.5) is 0 Å². The maximum atomic E-state index is 12.3. The summed E-state index contributed by atoms with van der Waals surface area (Å²) in [7, 11) is 0. The minimum Gasteiger partial charge on any atom is -0.493 e. The van der Waals surface area contributed by atoms with Gasteiger partial charge in [-0.15, -0.1) is 0 Å². The van der Waals surface area contributed by atoms with E-state index in [4.69, 9.17) is 9.47 Å². The first kappa shape index (κ1) is 12.7. The monoisotopic (exact) mass is 260 g/mol. The van der Waals surface area contributed by atoms with Crippen molar-refractivity contribution < 1.29 is 14.3 Å². The molecule has 2 heterocycles. The quantitative estimate of drug-likeness (QED) is 0.780. The summed E-state index contributed by atoms with van der Waals surface area (Å²) < 4.78 is 11.3. The lowest BCUT2D eigenvalue weighted by Crippen LogP contribution is -2.14. The Morgan fingerprint density at radius 3 is 3.05 bits per heavy atom. The van der Waals surface area contributed by atoms with Crippen molar-refractivity contribution in [3.05, 3.63) is 29.3 Å². The number of hydrogen-bond donors (Lipinski definition) is 0. The van der Waals surface area contributed by atoms with Gasteiger partial charge in [0, 0.05) is 13.0 Å². The van der Waals surface area contributed by atoms with E-state index in [1.54, 1.807) is 0 Å². The molecule has 1 fully saturated rings. The zero-order valence-electron chi connectivity index (χ0n) is 11.2. The van der Waals surface area contributed by atoms with Gasteiger partial charge in [0.25, 0.3) is 0 Å². The molecule has 2 aliphatic rings. The maximum Gasteiger partial charge on any atom is 0.166 e. The van der Waals surface area contributed by atoms with Gasteiger partial charge in [-0.2, -0.15) is 0 Å². The number of ether oxygens (including phenoxy) is 2. The van der Waals surface area contributed by atoms with Crippen LogP contribution in [-0.4, -0.2) is 25.1 Å². The number of carbonyl (C=O) groups is 1. The van der Waals surface area contributed by atoms with Gasteiger partial charge in [0.2, 0.25) is 0 Å². The molecule has 0 radical (unpaired) electrons. The molecule has 0 bridgehead atoms. The fourth-order valence-corrected chi connectivity index (χ4v) is 2.91. The van der Waals surface area contributed by atoms with Gasteiger partial charge in [-0.25, -0.2) is 0 Å². The summed E-state index contributed by atoms with van der Waals surface area (Å²) in [5, 5.41) is 0. The summed E-state index contributed by atoms with van der Waals surface area (Å²) in [6.07, 6.45) is 5.96. The van der Waals surface area contributed by atoms with E-state index >= 15 is 0 Å². The van der Waals surface area contributed by atoms with Crippen molar-refractivity contribution in [1.82, 2.24) is 0 Å². The lowest BCUT2D eigenvalue weighted by atomic mass is 9.97. The largest absolute Gasteiger partial charge is 0.493 e. The van der Waals surface area contributed by atoms with Crippen LogP contribution in [0.15, 0.2) is 18.2 Å². The molecular weight excluding hydrogens is 240 g/mol. The highest BCUT2D eigenvalue weighted by atomic mass is 16.5. The summed E-state index contributed by atoms with van der Waals surface area (Å²) in [5.41, 5.74) is 1.93. The second kappa shape index (κ2) is 5.74. The minimum atomic E-state index is 0.189. The second-order valence-electron chi connectivity index (χ2n) is 5.34. The van der Waals surface area contributed by atoms with Crippen molar-refractivity contribution in [1.29, 1.82) is 0 Å². The summed E-state index contributed by atoms with van der Waals surface area (Å²) >= 11 is 0. The van der Waals surface area contributed by atoms with Crippen LogP contribution >= 0.6 is 0 Å². The van der Waals surface area contributed by atoms with E-state index < -0.39 is 0 Å². The average Bonchev–Trinajstić information content (AvgIpc) is 2.97. The summed E-state index contributed by atoms with van der Waals surface area (Å²) in [6, 6.07) is 5.92. The zero-order valence-corrected chi connectivity index (χ0v) is 11.2. The molecule has 0 aromatic heterocycles. The summed E-state index contributed by atoms with van der Waals surface area (Å²) in [4.78, 5) is 12.3. The van der Waals surface area contributed by atoms with Gasteiger partial charge in [0.05, 0.1) is 18.3 Å². The Morgan fingerprint density at radius 2 is 2.21 bits per heavy atom. The predicted molar refractivity (Wildman–Crippen MR) is 72.8 cm³/mol. The van der Waals surface area contributed by atoms with Crippen LogP contribution in [0.1, 0.15) is 48.0 Å². The van der Waals surface area contributed by atoms with Crippen molar-refractivity contribution in [3.8, 4) is 5.75 Å². The third kappa shape index (κ3) is 2.81. The van der Waals surface area contributed by atoms with Crippen LogP contribution in [0, 0.1) is 0 Å². The highest BCUT2D eigenvalue weighted by molar-refractivity contribution is 5.99. The van der Waals surface area contributed by atoms with Gasteiger partial charge in [-0.05, 0) is 43.7 Å². The molecule has 19 heavy (non-hydrogen) atoms. The van der Waals surface area contributed by atoms with E-state index in [0.29, 0.717) is 6.42 Å². The number of Topliss-reactive ketones (excluding diaryl/α,β-unsaturated/α-hetero) is 1. The third-order valence-corrected chi connectivity index (χ3v) is 3.95. The van der Waals surface area contributed by atoms with Gasteiger partial charge in [0.1, 0.15) is 5.75 Å². The fraction of sp³-hybridized carbons (Fsp3) is 0.562. The Hall–Kier alpha value is -1.35. The molecule has 3 nitrogen and oxygen atoms in total. The van der Waals surface area contributed by atoms with Gasteiger partial charge in [-0.1, -0.05) is 12.1 Å². The molecule has 0 saturated carbocycles. The number of ketones is 1. The average molecular weight is 260 g/mol. The normalized spacial score (nSPS) is 21.8. The zero-order chi connectivity index (χ0) is 13.1. The Bertz CT molecular complexity index is 461. The molecule has 2 aliphatic heterocycles. The van der Waals surface area contributed by atoms with Crippen LogP contribution in [0.3, 0.4) is 0 Å². The Labute approximate surface area is 113 Å². The number of aryl methyl sites for hydroxylation is 1. The molecule has 3 rings (SSSR count). The first-order chi connectivity index (χ1) is 9.34. The number of hydrogen-bond acceptors (Lipinski definition) is 3. The molecular formula is C16H20O3. The second-order valence-corrected chi connectivity index (χ2v) is 5.34. The van der Waals surface area contributed by atoms with Crippen molar-refractivity contribution in [2.75, 3.05) is 13.2 Å². The van der Waals surface area contributed by atoms with E-state index in [-0.39, 0.29) is 11.9 Å². The van der Waals surface area contributed by atoms with Gasteiger partial charge in [0.15, 0.2) is 5.78 Å². The lowest BCUT2D eigenvalue weighted by molar-refractivity contribution is 0.0856. The van der Waals surface area contributed by atoms with Gasteiger partial charge < -0.3 is 9.47 Å². The Kier molecular flexibility index (Phi) is 3.83. The van der Waals surface area contributed by atoms with Gasteiger partial charge >= 0.3 is 0 Å². The predicted octanol–water partition coefficient (Wildman–Crippen LogP) is 3.15. The fourth-order valence-electron chi connectivity index (χ4n) is 2.91. The number of rotatable bonds is 4. The molecule has 1 aromatic carbocycles. The van der Waals surface area contributed by atoms with Crippen LogP contribution in [-0.2, 0) is 11.2 Å². The molecule has 0 amide bonds. The molecule has 1 unspecified atom stereocenters.